The molecule has 0 amide bonds. The SMILES string of the molecule is Fc1cccc(-c2nc3cc[n+](Cc4cc(-c5ccc(C(F)(F)F)cc5C(F)(F)F)no4)cc3[nH]2)c1F. The maximum absolute atomic E-state index is 14.1. The van der Waals surface area contributed by atoms with E-state index in [-0.39, 0.29) is 35.5 Å². The third kappa shape index (κ3) is 4.76. The number of rotatable bonds is 4. The maximum atomic E-state index is 14.1. The summed E-state index contributed by atoms with van der Waals surface area (Å²) in [7, 11) is 0. The number of aromatic nitrogens is 4. The largest absolute Gasteiger partial charge is 0.417 e. The number of aromatic amines is 1. The third-order valence-electron chi connectivity index (χ3n) is 5.51. The summed E-state index contributed by atoms with van der Waals surface area (Å²) in [5.74, 6) is -1.89. The molecule has 0 aliphatic rings. The monoisotopic (exact) mass is 525 g/mol. The lowest BCUT2D eigenvalue weighted by Gasteiger charge is -2.14. The minimum Gasteiger partial charge on any atom is -0.354 e. The Bertz CT molecular complexity index is 1620. The van der Waals surface area contributed by atoms with Crippen molar-refractivity contribution in [3.8, 4) is 22.6 Å². The molecule has 0 fully saturated rings. The summed E-state index contributed by atoms with van der Waals surface area (Å²) in [6, 6.07) is 7.70. The van der Waals surface area contributed by atoms with E-state index in [1.165, 1.54) is 18.2 Å². The molecule has 0 unspecified atom stereocenters. The predicted octanol–water partition coefficient (Wildman–Crippen LogP) is 6.54. The van der Waals surface area contributed by atoms with E-state index in [9.17, 15) is 35.1 Å². The molecule has 37 heavy (non-hydrogen) atoms. The Morgan fingerprint density at radius 3 is 2.41 bits per heavy atom. The van der Waals surface area contributed by atoms with Crippen LogP contribution in [0.25, 0.3) is 33.7 Å². The van der Waals surface area contributed by atoms with Crippen molar-refractivity contribution < 1.29 is 44.2 Å². The molecule has 5 aromatic rings. The van der Waals surface area contributed by atoms with E-state index >= 15 is 0 Å². The number of nitrogens with zero attached hydrogens (tertiary/aromatic N) is 3. The second kappa shape index (κ2) is 8.68. The lowest BCUT2D eigenvalue weighted by Crippen LogP contribution is -2.32. The zero-order valence-electron chi connectivity index (χ0n) is 18.3. The Labute approximate surface area is 202 Å². The van der Waals surface area contributed by atoms with Crippen LogP contribution in [0.4, 0.5) is 35.1 Å². The van der Waals surface area contributed by atoms with Gasteiger partial charge in [-0.1, -0.05) is 17.3 Å². The van der Waals surface area contributed by atoms with Gasteiger partial charge in [-0.05, 0) is 24.3 Å². The normalized spacial score (nSPS) is 12.4. The van der Waals surface area contributed by atoms with Gasteiger partial charge in [-0.2, -0.15) is 30.9 Å². The molecule has 0 saturated heterocycles. The van der Waals surface area contributed by atoms with Gasteiger partial charge in [0.15, 0.2) is 24.0 Å². The van der Waals surface area contributed by atoms with Crippen LogP contribution in [0.3, 0.4) is 0 Å². The summed E-state index contributed by atoms with van der Waals surface area (Å²) in [6.07, 6.45) is -6.88. The van der Waals surface area contributed by atoms with Crippen LogP contribution in [-0.2, 0) is 18.9 Å². The average molecular weight is 525 g/mol. The molecule has 0 spiro atoms. The summed E-state index contributed by atoms with van der Waals surface area (Å²) < 4.78 is 114. The Morgan fingerprint density at radius 1 is 0.892 bits per heavy atom. The van der Waals surface area contributed by atoms with E-state index in [0.29, 0.717) is 23.2 Å². The highest BCUT2D eigenvalue weighted by atomic mass is 19.4. The van der Waals surface area contributed by atoms with Gasteiger partial charge in [0.1, 0.15) is 22.6 Å². The van der Waals surface area contributed by atoms with Crippen LogP contribution in [0.5, 0.6) is 0 Å². The van der Waals surface area contributed by atoms with Crippen LogP contribution < -0.4 is 4.57 Å². The van der Waals surface area contributed by atoms with Gasteiger partial charge in [-0.25, -0.2) is 13.8 Å². The molecule has 1 N–H and O–H groups in total. The third-order valence-corrected chi connectivity index (χ3v) is 5.51. The van der Waals surface area contributed by atoms with Gasteiger partial charge in [0.05, 0.1) is 16.7 Å². The zero-order valence-corrected chi connectivity index (χ0v) is 18.3. The summed E-state index contributed by atoms with van der Waals surface area (Å²) in [5.41, 5.74) is -2.97. The quantitative estimate of drug-likeness (QED) is 0.214. The van der Waals surface area contributed by atoms with Gasteiger partial charge in [0.2, 0.25) is 12.3 Å². The molecule has 3 heterocycles. The van der Waals surface area contributed by atoms with Crippen LogP contribution in [0.2, 0.25) is 0 Å². The first-order valence-corrected chi connectivity index (χ1v) is 10.5. The lowest BCUT2D eigenvalue weighted by molar-refractivity contribution is -0.688. The molecule has 0 bridgehead atoms. The maximum Gasteiger partial charge on any atom is 0.417 e. The summed E-state index contributed by atoms with van der Waals surface area (Å²) in [6.45, 7) is -0.00634. The van der Waals surface area contributed by atoms with Crippen molar-refractivity contribution >= 4 is 11.0 Å². The molecule has 3 aromatic heterocycles. The number of benzene rings is 2. The highest BCUT2D eigenvalue weighted by Crippen LogP contribution is 2.40. The fourth-order valence-corrected chi connectivity index (χ4v) is 3.79. The second-order valence-corrected chi connectivity index (χ2v) is 8.04. The number of pyridine rings is 1. The standard InChI is InChI=1S/C24H12F8N4O/c25-17-3-1-2-15(21(17)26)22-33-18-6-7-36(11-20(18)34-22)10-13-9-19(35-37-13)14-5-4-12(23(27,28)29)8-16(14)24(30,31)32/h1-9,11H,10H2/p+1. The minimum absolute atomic E-state index is 0.00634. The molecule has 0 saturated carbocycles. The van der Waals surface area contributed by atoms with Crippen LogP contribution >= 0.6 is 0 Å². The van der Waals surface area contributed by atoms with Crippen molar-refractivity contribution in [2.45, 2.75) is 18.9 Å². The van der Waals surface area contributed by atoms with Crippen molar-refractivity contribution in [2.75, 3.05) is 0 Å². The molecule has 0 aliphatic heterocycles. The van der Waals surface area contributed by atoms with Gasteiger partial charge in [0.25, 0.3) is 0 Å². The van der Waals surface area contributed by atoms with Gasteiger partial charge >= 0.3 is 12.4 Å². The molecule has 5 nitrogen and oxygen atoms in total. The average Bonchev–Trinajstić information content (AvgIpc) is 3.46. The van der Waals surface area contributed by atoms with Crippen LogP contribution in [0.1, 0.15) is 16.9 Å². The first-order valence-electron chi connectivity index (χ1n) is 10.5. The Kier molecular flexibility index (Phi) is 5.72. The summed E-state index contributed by atoms with van der Waals surface area (Å²) >= 11 is 0. The molecule has 2 aromatic carbocycles. The highest BCUT2D eigenvalue weighted by molar-refractivity contribution is 5.77. The number of hydrogen-bond donors (Lipinski definition) is 1. The molecule has 0 radical (unpaired) electrons. The minimum atomic E-state index is -5.06. The Balaban J connectivity index is 1.44. The van der Waals surface area contributed by atoms with E-state index in [4.69, 9.17) is 4.52 Å². The first-order chi connectivity index (χ1) is 17.4. The Hall–Kier alpha value is -4.29. The zero-order chi connectivity index (χ0) is 26.5. The number of hydrogen-bond acceptors (Lipinski definition) is 3. The van der Waals surface area contributed by atoms with Gasteiger partial charge in [0, 0.05) is 17.7 Å². The lowest BCUT2D eigenvalue weighted by atomic mass is 10.0. The number of H-pyrrole nitrogens is 1. The molecule has 5 rings (SSSR count). The van der Waals surface area contributed by atoms with Gasteiger partial charge < -0.3 is 9.51 Å². The molecular formula is C24H13F8N4O+. The van der Waals surface area contributed by atoms with E-state index < -0.39 is 40.7 Å². The molecular weight excluding hydrogens is 512 g/mol. The number of halogens is 8. The van der Waals surface area contributed by atoms with Crippen LogP contribution in [-0.4, -0.2) is 15.1 Å². The van der Waals surface area contributed by atoms with Crippen LogP contribution in [0, 0.1) is 11.6 Å². The predicted molar refractivity (Wildman–Crippen MR) is 113 cm³/mol. The number of alkyl halides is 6. The van der Waals surface area contributed by atoms with E-state index in [1.54, 1.807) is 23.0 Å². The highest BCUT2D eigenvalue weighted by Gasteiger charge is 2.39. The van der Waals surface area contributed by atoms with E-state index in [0.717, 1.165) is 6.07 Å². The molecule has 13 heteroatoms. The molecule has 0 atom stereocenters. The van der Waals surface area contributed by atoms with Crippen molar-refractivity contribution in [1.82, 2.24) is 15.1 Å². The number of nitrogens with one attached hydrogen (secondary N) is 1. The fourth-order valence-electron chi connectivity index (χ4n) is 3.79. The summed E-state index contributed by atoms with van der Waals surface area (Å²) in [4.78, 5) is 7.11. The van der Waals surface area contributed by atoms with E-state index in [1.807, 2.05) is 0 Å². The molecule has 0 aliphatic carbocycles. The topological polar surface area (TPSA) is 58.6 Å². The summed E-state index contributed by atoms with van der Waals surface area (Å²) in [5, 5.41) is 3.61. The van der Waals surface area contributed by atoms with Crippen molar-refractivity contribution in [1.29, 1.82) is 0 Å². The van der Waals surface area contributed by atoms with Gasteiger partial charge in [-0.3, -0.25) is 0 Å². The van der Waals surface area contributed by atoms with Gasteiger partial charge in [-0.15, -0.1) is 0 Å². The number of imidazole rings is 1. The van der Waals surface area contributed by atoms with E-state index in [2.05, 4.69) is 15.1 Å². The Morgan fingerprint density at radius 2 is 1.68 bits per heavy atom. The molecule has 190 valence electrons. The van der Waals surface area contributed by atoms with Crippen molar-refractivity contribution in [2.24, 2.45) is 0 Å². The number of fused-ring (bicyclic) bond motifs is 1. The fraction of sp³-hybridized carbons (Fsp3) is 0.125. The first kappa shape index (κ1) is 24.4. The van der Waals surface area contributed by atoms with Crippen molar-refractivity contribution in [3.05, 3.63) is 89.4 Å². The van der Waals surface area contributed by atoms with Crippen molar-refractivity contribution in [3.63, 3.8) is 0 Å². The second-order valence-electron chi connectivity index (χ2n) is 8.04. The van der Waals surface area contributed by atoms with Crippen LogP contribution in [0.15, 0.2) is 65.4 Å². The smallest absolute Gasteiger partial charge is 0.354 e.